The monoisotopic (exact) mass is 453 g/mol. The van der Waals surface area contributed by atoms with Crippen LogP contribution >= 0.6 is 23.4 Å². The van der Waals surface area contributed by atoms with Crippen molar-refractivity contribution in [3.8, 4) is 5.75 Å². The molecule has 1 saturated heterocycles. The minimum absolute atomic E-state index is 0.181. The van der Waals surface area contributed by atoms with Crippen LogP contribution < -0.4 is 9.64 Å². The Labute approximate surface area is 192 Å². The third-order valence-electron chi connectivity index (χ3n) is 5.23. The summed E-state index contributed by atoms with van der Waals surface area (Å²) < 4.78 is 5.50. The van der Waals surface area contributed by atoms with Crippen molar-refractivity contribution in [3.05, 3.63) is 76.2 Å². The van der Waals surface area contributed by atoms with E-state index in [2.05, 4.69) is 33.5 Å². The number of rotatable bonds is 5. The first kappa shape index (κ1) is 21.5. The van der Waals surface area contributed by atoms with Crippen LogP contribution in [0.5, 0.6) is 5.75 Å². The quantitative estimate of drug-likeness (QED) is 0.470. The number of carbonyl (C=O) groups is 1. The first-order chi connectivity index (χ1) is 15.0. The van der Waals surface area contributed by atoms with Gasteiger partial charge < -0.3 is 14.5 Å². The van der Waals surface area contributed by atoms with Crippen LogP contribution in [-0.4, -0.2) is 48.8 Å². The van der Waals surface area contributed by atoms with Gasteiger partial charge in [0.2, 0.25) is 0 Å². The molecule has 0 atom stereocenters. The number of hydrogen-bond acceptors (Lipinski definition) is 5. The number of piperazine rings is 1. The maximum Gasteiger partial charge on any atom is 0.286 e. The third-order valence-corrected chi connectivity index (χ3v) is 6.68. The van der Waals surface area contributed by atoms with Gasteiger partial charge in [0.15, 0.2) is 5.17 Å². The Morgan fingerprint density at radius 1 is 1.13 bits per heavy atom. The molecule has 160 valence electrons. The van der Waals surface area contributed by atoms with Gasteiger partial charge in [0, 0.05) is 36.9 Å². The molecule has 5 nitrogen and oxygen atoms in total. The van der Waals surface area contributed by atoms with E-state index in [1.807, 2.05) is 43.3 Å². The summed E-state index contributed by atoms with van der Waals surface area (Å²) in [6.45, 7) is 9.46. The first-order valence-electron chi connectivity index (χ1n) is 10.2. The summed E-state index contributed by atoms with van der Waals surface area (Å²) in [4.78, 5) is 21.9. The summed E-state index contributed by atoms with van der Waals surface area (Å²) in [7, 11) is 0. The molecule has 31 heavy (non-hydrogen) atoms. The van der Waals surface area contributed by atoms with E-state index in [0.717, 1.165) is 58.9 Å². The van der Waals surface area contributed by atoms with Crippen molar-refractivity contribution in [1.29, 1.82) is 0 Å². The number of amidine groups is 1. The number of thioether (sulfide) groups is 1. The Bertz CT molecular complexity index is 1040. The number of aliphatic imine (C=N–C) groups is 1. The number of hydrogen-bond donors (Lipinski definition) is 0. The zero-order chi connectivity index (χ0) is 21.8. The molecule has 0 aliphatic carbocycles. The number of nitrogens with zero attached hydrogens (tertiary/aromatic N) is 3. The number of benzene rings is 2. The molecule has 2 heterocycles. The van der Waals surface area contributed by atoms with Crippen LogP contribution in [-0.2, 0) is 4.79 Å². The molecule has 7 heteroatoms. The maximum atomic E-state index is 12.4. The second-order valence-electron chi connectivity index (χ2n) is 7.39. The molecule has 0 spiro atoms. The average molecular weight is 454 g/mol. The fourth-order valence-corrected chi connectivity index (χ4v) is 4.57. The summed E-state index contributed by atoms with van der Waals surface area (Å²) in [5.74, 6) is 0.594. The van der Waals surface area contributed by atoms with Gasteiger partial charge >= 0.3 is 0 Å². The highest BCUT2D eigenvalue weighted by atomic mass is 35.5. The Kier molecular flexibility index (Phi) is 6.68. The molecule has 1 fully saturated rings. The van der Waals surface area contributed by atoms with E-state index in [-0.39, 0.29) is 5.91 Å². The van der Waals surface area contributed by atoms with Gasteiger partial charge in [-0.3, -0.25) is 4.79 Å². The maximum absolute atomic E-state index is 12.4. The highest BCUT2D eigenvalue weighted by molar-refractivity contribution is 8.18. The number of carbonyl (C=O) groups excluding carboxylic acids is 1. The van der Waals surface area contributed by atoms with Gasteiger partial charge in [0.1, 0.15) is 12.4 Å². The molecule has 0 radical (unpaired) electrons. The summed E-state index contributed by atoms with van der Waals surface area (Å²) in [5.41, 5.74) is 3.16. The number of anilines is 1. The average Bonchev–Trinajstić information content (AvgIpc) is 3.15. The van der Waals surface area contributed by atoms with Gasteiger partial charge in [-0.15, -0.1) is 0 Å². The molecular weight excluding hydrogens is 430 g/mol. The fraction of sp³-hybridized carbons (Fsp3) is 0.250. The van der Waals surface area contributed by atoms with Crippen molar-refractivity contribution < 1.29 is 9.53 Å². The lowest BCUT2D eigenvalue weighted by atomic mass is 10.2. The second-order valence-corrected chi connectivity index (χ2v) is 8.80. The smallest absolute Gasteiger partial charge is 0.286 e. The molecule has 1 amide bonds. The highest BCUT2D eigenvalue weighted by Crippen LogP contribution is 2.32. The van der Waals surface area contributed by atoms with Crippen molar-refractivity contribution in [2.24, 2.45) is 4.99 Å². The second kappa shape index (κ2) is 9.62. The molecular formula is C24H24ClN3O2S. The molecule has 0 saturated carbocycles. The van der Waals surface area contributed by atoms with E-state index in [1.54, 1.807) is 6.08 Å². The number of amides is 1. The fourth-order valence-electron chi connectivity index (χ4n) is 3.43. The Morgan fingerprint density at radius 2 is 1.84 bits per heavy atom. The number of ether oxygens (including phenoxy) is 1. The molecule has 0 unspecified atom stereocenters. The predicted molar refractivity (Wildman–Crippen MR) is 130 cm³/mol. The number of aryl methyl sites for hydroxylation is 1. The van der Waals surface area contributed by atoms with Gasteiger partial charge in [-0.1, -0.05) is 42.5 Å². The zero-order valence-corrected chi connectivity index (χ0v) is 19.0. The van der Waals surface area contributed by atoms with Crippen LogP contribution in [0.3, 0.4) is 0 Å². The van der Waals surface area contributed by atoms with Crippen LogP contribution in [0, 0.1) is 6.92 Å². The normalized spacial score (nSPS) is 17.8. The topological polar surface area (TPSA) is 45.1 Å². The van der Waals surface area contributed by atoms with Gasteiger partial charge in [0.25, 0.3) is 5.91 Å². The molecule has 2 aliphatic rings. The largest absolute Gasteiger partial charge is 0.490 e. The molecule has 2 aromatic carbocycles. The van der Waals surface area contributed by atoms with E-state index in [4.69, 9.17) is 16.3 Å². The Morgan fingerprint density at radius 3 is 2.52 bits per heavy atom. The van der Waals surface area contributed by atoms with E-state index >= 15 is 0 Å². The molecule has 4 rings (SSSR count). The standard InChI is InChI=1S/C24H24ClN3O2S/c1-3-14-30-20-8-5-18(6-9-20)15-22-23(29)26-24(31-22)28-12-10-27(11-13-28)19-7-4-17(2)21(25)16-19/h3-9,15-16H,1,10-14H2,2H3. The van der Waals surface area contributed by atoms with Crippen molar-refractivity contribution in [2.45, 2.75) is 6.92 Å². The SMILES string of the molecule is C=CCOc1ccc(C=C2SC(N3CCN(c4ccc(C)c(Cl)c4)CC3)=NC2=O)cc1. The lowest BCUT2D eigenvalue weighted by Gasteiger charge is -2.36. The molecule has 2 aliphatic heterocycles. The van der Waals surface area contributed by atoms with Crippen LogP contribution in [0.25, 0.3) is 6.08 Å². The highest BCUT2D eigenvalue weighted by Gasteiger charge is 2.28. The molecule has 0 N–H and O–H groups in total. The summed E-state index contributed by atoms with van der Waals surface area (Å²) >= 11 is 7.72. The van der Waals surface area contributed by atoms with Crippen LogP contribution in [0.1, 0.15) is 11.1 Å². The van der Waals surface area contributed by atoms with Gasteiger partial charge in [-0.05, 0) is 60.2 Å². The van der Waals surface area contributed by atoms with Crippen molar-refractivity contribution in [2.75, 3.05) is 37.7 Å². The minimum Gasteiger partial charge on any atom is -0.490 e. The minimum atomic E-state index is -0.181. The number of halogens is 1. The van der Waals surface area contributed by atoms with Gasteiger partial charge in [-0.2, -0.15) is 4.99 Å². The van der Waals surface area contributed by atoms with Crippen molar-refractivity contribution in [3.63, 3.8) is 0 Å². The molecule has 2 aromatic rings. The molecule has 0 aromatic heterocycles. The van der Waals surface area contributed by atoms with Crippen molar-refractivity contribution in [1.82, 2.24) is 4.90 Å². The lowest BCUT2D eigenvalue weighted by Crippen LogP contribution is -2.47. The van der Waals surface area contributed by atoms with Crippen LogP contribution in [0.15, 0.2) is 65.0 Å². The molecule has 0 bridgehead atoms. The van der Waals surface area contributed by atoms with Crippen LogP contribution in [0.4, 0.5) is 5.69 Å². The van der Waals surface area contributed by atoms with E-state index in [1.165, 1.54) is 11.8 Å². The van der Waals surface area contributed by atoms with Gasteiger partial charge in [-0.25, -0.2) is 0 Å². The van der Waals surface area contributed by atoms with Crippen LogP contribution in [0.2, 0.25) is 5.02 Å². The van der Waals surface area contributed by atoms with Crippen molar-refractivity contribution >= 4 is 46.2 Å². The summed E-state index contributed by atoms with van der Waals surface area (Å²) in [6, 6.07) is 13.8. The summed E-state index contributed by atoms with van der Waals surface area (Å²) in [5, 5.41) is 1.57. The summed E-state index contributed by atoms with van der Waals surface area (Å²) in [6.07, 6.45) is 3.59. The Hall–Kier alpha value is -2.70. The lowest BCUT2D eigenvalue weighted by molar-refractivity contribution is -0.113. The third kappa shape index (κ3) is 5.14. The van der Waals surface area contributed by atoms with Gasteiger partial charge in [0.05, 0.1) is 4.91 Å². The predicted octanol–water partition coefficient (Wildman–Crippen LogP) is 5.01. The zero-order valence-electron chi connectivity index (χ0n) is 17.4. The first-order valence-corrected chi connectivity index (χ1v) is 11.4. The van der Waals surface area contributed by atoms with E-state index in [9.17, 15) is 4.79 Å². The van der Waals surface area contributed by atoms with E-state index < -0.39 is 0 Å². The Balaban J connectivity index is 1.36. The van der Waals surface area contributed by atoms with E-state index in [0.29, 0.717) is 11.5 Å².